The van der Waals surface area contributed by atoms with Crippen LogP contribution in [0, 0.1) is 11.8 Å². The van der Waals surface area contributed by atoms with Crippen molar-refractivity contribution in [3.63, 3.8) is 0 Å². The highest BCUT2D eigenvalue weighted by Crippen LogP contribution is 2.45. The molecular formula is C34H63NO4. The lowest BCUT2D eigenvalue weighted by molar-refractivity contribution is -0.150. The smallest absolute Gasteiger partial charge is 0.330 e. The minimum Gasteiger partial charge on any atom is -0.463 e. The number of carbonyl (C=O) groups is 2. The number of hydrogen-bond donors (Lipinski definition) is 0. The van der Waals surface area contributed by atoms with Crippen LogP contribution in [0.4, 0.5) is 0 Å². The lowest BCUT2D eigenvalue weighted by Crippen LogP contribution is -2.20. The highest BCUT2D eigenvalue weighted by Gasteiger charge is 2.35. The standard InChI is InChI=1S/C34H63NO4/c1-5-7-8-9-11-16-22-30-29-31(30)23-17-12-10-13-18-24-32(39-34(37)27-21-28-35(3)4)25-19-14-15-20-26-33(36)38-6-2/h20,26,30-32H,5-19,21-25,27-29H2,1-4H3/b26-20+. The average Bonchev–Trinajstić information content (AvgIpc) is 3.65. The van der Waals surface area contributed by atoms with Crippen molar-refractivity contribution in [1.82, 2.24) is 4.90 Å². The third kappa shape index (κ3) is 22.1. The molecule has 39 heavy (non-hydrogen) atoms. The Hall–Kier alpha value is -1.36. The molecule has 0 saturated heterocycles. The highest BCUT2D eigenvalue weighted by atomic mass is 16.5. The van der Waals surface area contributed by atoms with E-state index in [2.05, 4.69) is 11.8 Å². The van der Waals surface area contributed by atoms with E-state index in [-0.39, 0.29) is 18.0 Å². The molecule has 0 radical (unpaired) electrons. The van der Waals surface area contributed by atoms with Crippen molar-refractivity contribution in [2.24, 2.45) is 11.8 Å². The summed E-state index contributed by atoms with van der Waals surface area (Å²) in [4.78, 5) is 25.9. The Balaban J connectivity index is 2.16. The number of allylic oxidation sites excluding steroid dienone is 1. The van der Waals surface area contributed by atoms with Crippen molar-refractivity contribution in [1.29, 1.82) is 0 Å². The minimum atomic E-state index is -0.271. The van der Waals surface area contributed by atoms with Gasteiger partial charge in [-0.1, -0.05) is 90.0 Å². The Morgan fingerprint density at radius 3 is 2.00 bits per heavy atom. The molecule has 1 aliphatic rings. The van der Waals surface area contributed by atoms with Gasteiger partial charge in [-0.25, -0.2) is 4.79 Å². The van der Waals surface area contributed by atoms with E-state index in [1.807, 2.05) is 27.1 Å². The van der Waals surface area contributed by atoms with Crippen molar-refractivity contribution in [2.75, 3.05) is 27.2 Å². The molecule has 1 rings (SSSR count). The maximum atomic E-state index is 12.4. The zero-order valence-corrected chi connectivity index (χ0v) is 26.2. The molecule has 228 valence electrons. The van der Waals surface area contributed by atoms with Crippen molar-refractivity contribution >= 4 is 11.9 Å². The predicted molar refractivity (Wildman–Crippen MR) is 164 cm³/mol. The summed E-state index contributed by atoms with van der Waals surface area (Å²) in [6.45, 7) is 5.42. The van der Waals surface area contributed by atoms with Gasteiger partial charge in [-0.2, -0.15) is 0 Å². The van der Waals surface area contributed by atoms with Crippen LogP contribution < -0.4 is 0 Å². The summed E-state index contributed by atoms with van der Waals surface area (Å²) >= 11 is 0. The van der Waals surface area contributed by atoms with Gasteiger partial charge in [0, 0.05) is 12.5 Å². The van der Waals surface area contributed by atoms with Crippen LogP contribution in [0.2, 0.25) is 0 Å². The summed E-state index contributed by atoms with van der Waals surface area (Å²) in [7, 11) is 4.06. The van der Waals surface area contributed by atoms with E-state index in [0.29, 0.717) is 13.0 Å². The molecule has 0 aromatic rings. The molecule has 0 heterocycles. The first kappa shape index (κ1) is 35.7. The van der Waals surface area contributed by atoms with Gasteiger partial charge in [-0.3, -0.25) is 4.79 Å². The van der Waals surface area contributed by atoms with E-state index < -0.39 is 0 Å². The van der Waals surface area contributed by atoms with Crippen LogP contribution >= 0.6 is 0 Å². The molecule has 0 aromatic carbocycles. The summed E-state index contributed by atoms with van der Waals surface area (Å²) in [5.41, 5.74) is 0. The first-order valence-electron chi connectivity index (χ1n) is 16.6. The molecule has 1 aliphatic carbocycles. The van der Waals surface area contributed by atoms with Gasteiger partial charge < -0.3 is 14.4 Å². The second-order valence-corrected chi connectivity index (χ2v) is 12.1. The molecule has 0 aliphatic heterocycles. The van der Waals surface area contributed by atoms with E-state index in [0.717, 1.165) is 63.3 Å². The zero-order chi connectivity index (χ0) is 28.6. The van der Waals surface area contributed by atoms with Gasteiger partial charge in [0.25, 0.3) is 0 Å². The third-order valence-electron chi connectivity index (χ3n) is 8.07. The van der Waals surface area contributed by atoms with Gasteiger partial charge >= 0.3 is 11.9 Å². The second-order valence-electron chi connectivity index (χ2n) is 12.1. The van der Waals surface area contributed by atoms with Gasteiger partial charge in [0.2, 0.25) is 0 Å². The van der Waals surface area contributed by atoms with E-state index in [4.69, 9.17) is 9.47 Å². The molecule has 3 atom stereocenters. The summed E-state index contributed by atoms with van der Waals surface area (Å²) in [5, 5.41) is 0. The largest absolute Gasteiger partial charge is 0.463 e. The quantitative estimate of drug-likeness (QED) is 0.0581. The molecule has 0 N–H and O–H groups in total. The van der Waals surface area contributed by atoms with Gasteiger partial charge in [0.1, 0.15) is 6.10 Å². The number of ether oxygens (including phenoxy) is 2. The fraction of sp³-hybridized carbons (Fsp3) is 0.882. The molecule has 0 aromatic heterocycles. The Morgan fingerprint density at radius 1 is 0.795 bits per heavy atom. The fourth-order valence-electron chi connectivity index (χ4n) is 5.56. The van der Waals surface area contributed by atoms with Crippen LogP contribution in [-0.4, -0.2) is 50.2 Å². The summed E-state index contributed by atoms with van der Waals surface area (Å²) in [6.07, 6.45) is 28.9. The van der Waals surface area contributed by atoms with E-state index in [1.165, 1.54) is 89.5 Å². The number of hydrogen-bond acceptors (Lipinski definition) is 5. The number of carbonyl (C=O) groups excluding carboxylic acids is 2. The topological polar surface area (TPSA) is 55.8 Å². The van der Waals surface area contributed by atoms with Gasteiger partial charge in [0.05, 0.1) is 6.61 Å². The Morgan fingerprint density at radius 2 is 1.38 bits per heavy atom. The zero-order valence-electron chi connectivity index (χ0n) is 26.2. The number of esters is 2. The second kappa shape index (κ2) is 24.4. The van der Waals surface area contributed by atoms with Crippen LogP contribution in [0.5, 0.6) is 0 Å². The van der Waals surface area contributed by atoms with E-state index >= 15 is 0 Å². The van der Waals surface area contributed by atoms with Crippen molar-refractivity contribution in [3.8, 4) is 0 Å². The van der Waals surface area contributed by atoms with Crippen molar-refractivity contribution < 1.29 is 19.1 Å². The minimum absolute atomic E-state index is 0.0279. The first-order chi connectivity index (χ1) is 19.0. The molecule has 5 heteroatoms. The molecular weight excluding hydrogens is 486 g/mol. The van der Waals surface area contributed by atoms with Gasteiger partial charge in [-0.15, -0.1) is 0 Å². The van der Waals surface area contributed by atoms with Crippen molar-refractivity contribution in [2.45, 2.75) is 155 Å². The monoisotopic (exact) mass is 549 g/mol. The third-order valence-corrected chi connectivity index (χ3v) is 8.07. The van der Waals surface area contributed by atoms with Crippen LogP contribution in [-0.2, 0) is 19.1 Å². The normalized spacial score (nSPS) is 17.6. The molecule has 0 bridgehead atoms. The fourth-order valence-corrected chi connectivity index (χ4v) is 5.56. The SMILES string of the molecule is CCCCCCCCC1CC1CCCCCCCC(CCCC/C=C/C(=O)OCC)OC(=O)CCCN(C)C. The van der Waals surface area contributed by atoms with Crippen LogP contribution in [0.1, 0.15) is 149 Å². The lowest BCUT2D eigenvalue weighted by atomic mass is 10.0. The van der Waals surface area contributed by atoms with Gasteiger partial charge in [0.15, 0.2) is 0 Å². The molecule has 1 fully saturated rings. The molecule has 3 unspecified atom stereocenters. The lowest BCUT2D eigenvalue weighted by Gasteiger charge is -2.18. The molecule has 5 nitrogen and oxygen atoms in total. The van der Waals surface area contributed by atoms with Crippen LogP contribution in [0.3, 0.4) is 0 Å². The molecule has 0 spiro atoms. The van der Waals surface area contributed by atoms with Crippen LogP contribution in [0.15, 0.2) is 12.2 Å². The Bertz CT molecular complexity index is 633. The van der Waals surface area contributed by atoms with Crippen LogP contribution in [0.25, 0.3) is 0 Å². The molecule has 0 amide bonds. The highest BCUT2D eigenvalue weighted by molar-refractivity contribution is 5.81. The number of rotatable bonds is 27. The van der Waals surface area contributed by atoms with E-state index in [9.17, 15) is 9.59 Å². The maximum Gasteiger partial charge on any atom is 0.330 e. The number of unbranched alkanes of at least 4 members (excludes halogenated alkanes) is 11. The Labute approximate surface area is 241 Å². The maximum absolute atomic E-state index is 12.4. The Kier molecular flexibility index (Phi) is 22.3. The van der Waals surface area contributed by atoms with E-state index in [1.54, 1.807) is 0 Å². The average molecular weight is 550 g/mol. The summed E-state index contributed by atoms with van der Waals surface area (Å²) < 4.78 is 10.8. The number of nitrogens with zero attached hydrogens (tertiary/aromatic N) is 1. The predicted octanol–water partition coefficient (Wildman–Crippen LogP) is 9.04. The molecule has 1 saturated carbocycles. The summed E-state index contributed by atoms with van der Waals surface area (Å²) in [5.74, 6) is 1.75. The van der Waals surface area contributed by atoms with Crippen molar-refractivity contribution in [3.05, 3.63) is 12.2 Å². The first-order valence-corrected chi connectivity index (χ1v) is 16.6. The summed E-state index contributed by atoms with van der Waals surface area (Å²) in [6, 6.07) is 0. The van der Waals surface area contributed by atoms with Gasteiger partial charge in [-0.05, 0) is 90.8 Å².